The van der Waals surface area contributed by atoms with Crippen LogP contribution >= 0.6 is 0 Å². The third-order valence-electron chi connectivity index (χ3n) is 7.58. The van der Waals surface area contributed by atoms with Gasteiger partial charge in [-0.1, -0.05) is 12.1 Å². The molecule has 1 aromatic heterocycles. The van der Waals surface area contributed by atoms with E-state index < -0.39 is 18.1 Å². The molecule has 3 atom stereocenters. The maximum Gasteiger partial charge on any atom is 0.321 e. The maximum absolute atomic E-state index is 13.5. The molecule has 36 heavy (non-hydrogen) atoms. The quantitative estimate of drug-likeness (QED) is 0.305. The van der Waals surface area contributed by atoms with Gasteiger partial charge >= 0.3 is 5.97 Å². The van der Waals surface area contributed by atoms with Gasteiger partial charge in [0, 0.05) is 42.5 Å². The van der Waals surface area contributed by atoms with Crippen LogP contribution < -0.4 is 11.5 Å². The molecule has 4 rings (SSSR count). The lowest BCUT2D eigenvalue weighted by Gasteiger charge is -2.32. The van der Waals surface area contributed by atoms with Gasteiger partial charge in [-0.15, -0.1) is 0 Å². The lowest BCUT2D eigenvalue weighted by Crippen LogP contribution is -2.50. The van der Waals surface area contributed by atoms with Crippen molar-refractivity contribution >= 4 is 34.5 Å². The van der Waals surface area contributed by atoms with Crippen molar-refractivity contribution in [2.45, 2.75) is 76.5 Å². The third-order valence-corrected chi connectivity index (χ3v) is 7.58. The molecule has 0 radical (unpaired) electrons. The minimum atomic E-state index is -1.26. The summed E-state index contributed by atoms with van der Waals surface area (Å²) in [6.45, 7) is 4.02. The Bertz CT molecular complexity index is 1170. The van der Waals surface area contributed by atoms with Crippen LogP contribution in [0, 0.1) is 5.41 Å². The number of nitrogens with zero attached hydrogens (tertiary/aromatic N) is 3. The summed E-state index contributed by atoms with van der Waals surface area (Å²) < 4.78 is 2.24. The Balaban J connectivity index is 1.45. The molecule has 2 aliphatic rings. The number of nitrogens with one attached hydrogen (secondary N) is 1. The fourth-order valence-corrected chi connectivity index (χ4v) is 5.71. The number of amides is 2. The molecule has 0 aliphatic carbocycles. The number of benzene rings is 1. The fraction of sp³-hybridized carbons (Fsp3) is 0.538. The zero-order chi connectivity index (χ0) is 26.0. The molecule has 6 N–H and O–H groups in total. The van der Waals surface area contributed by atoms with E-state index in [0.717, 1.165) is 49.6 Å². The molecule has 0 unspecified atom stereocenters. The SMILES string of the molecule is CCn1c(CC[C@@H]2CCCN2C(=O)[C@H]2CCCN2C(=O)C[C@H](N)C(=O)O)cc2ccc(C(=N)N)cc21. The Kier molecular flexibility index (Phi) is 7.63. The van der Waals surface area contributed by atoms with Gasteiger partial charge in [0.05, 0.1) is 6.42 Å². The van der Waals surface area contributed by atoms with Crippen LogP contribution in [-0.2, 0) is 27.3 Å². The summed E-state index contributed by atoms with van der Waals surface area (Å²) in [7, 11) is 0. The number of carboxylic acids is 1. The van der Waals surface area contributed by atoms with E-state index in [4.69, 9.17) is 22.0 Å². The first-order chi connectivity index (χ1) is 17.2. The summed E-state index contributed by atoms with van der Waals surface area (Å²) in [5.41, 5.74) is 14.2. The number of nitrogens with two attached hydrogens (primary N) is 2. The van der Waals surface area contributed by atoms with E-state index in [1.807, 2.05) is 23.1 Å². The van der Waals surface area contributed by atoms with Gasteiger partial charge in [0.1, 0.15) is 17.9 Å². The van der Waals surface area contributed by atoms with Gasteiger partial charge in [-0.25, -0.2) is 0 Å². The first-order valence-electron chi connectivity index (χ1n) is 12.8. The van der Waals surface area contributed by atoms with Crippen LogP contribution in [0.25, 0.3) is 10.9 Å². The van der Waals surface area contributed by atoms with Gasteiger partial charge in [-0.3, -0.25) is 19.8 Å². The normalized spacial score (nSPS) is 20.7. The van der Waals surface area contributed by atoms with E-state index in [1.165, 1.54) is 10.6 Å². The number of fused-ring (bicyclic) bond motifs is 1. The van der Waals surface area contributed by atoms with E-state index in [0.29, 0.717) is 25.1 Å². The second-order valence-electron chi connectivity index (χ2n) is 9.83. The van der Waals surface area contributed by atoms with Gasteiger partial charge in [0.15, 0.2) is 0 Å². The number of hydrogen-bond donors (Lipinski definition) is 4. The van der Waals surface area contributed by atoms with Crippen molar-refractivity contribution in [1.82, 2.24) is 14.4 Å². The molecule has 2 aromatic rings. The number of carbonyl (C=O) groups excluding carboxylic acids is 2. The lowest BCUT2D eigenvalue weighted by molar-refractivity contribution is -0.146. The van der Waals surface area contributed by atoms with Crippen LogP contribution in [0.1, 0.15) is 56.7 Å². The number of amidine groups is 1. The second kappa shape index (κ2) is 10.7. The number of carboxylic acid groups (broad SMARTS) is 1. The highest BCUT2D eigenvalue weighted by molar-refractivity contribution is 5.98. The standard InChI is InChI=1S/C26H36N6O4/c1-2-30-19(13-16-7-8-17(24(28)29)14-22(16)30)10-9-18-5-3-11-31(18)25(34)21-6-4-12-32(21)23(33)15-20(27)26(35)36/h7-8,13-14,18,20-21H,2-6,9-12,15,27H2,1H3,(H3,28,29)(H,35,36)/t18-,20-,21+/m0/s1. The molecule has 1 aromatic carbocycles. The van der Waals surface area contributed by atoms with Crippen LogP contribution in [0.15, 0.2) is 24.3 Å². The summed E-state index contributed by atoms with van der Waals surface area (Å²) in [5, 5.41) is 17.9. The van der Waals surface area contributed by atoms with Crippen LogP contribution in [-0.4, -0.2) is 74.3 Å². The monoisotopic (exact) mass is 496 g/mol. The molecule has 0 bridgehead atoms. The van der Waals surface area contributed by atoms with Crippen molar-refractivity contribution < 1.29 is 19.5 Å². The Morgan fingerprint density at radius 3 is 2.56 bits per heavy atom. The molecule has 2 amide bonds. The van der Waals surface area contributed by atoms with Crippen molar-refractivity contribution in [3.63, 3.8) is 0 Å². The molecule has 2 aliphatic heterocycles. The summed E-state index contributed by atoms with van der Waals surface area (Å²) in [6.07, 6.45) is 4.52. The molecule has 2 saturated heterocycles. The number of rotatable bonds is 9. The highest BCUT2D eigenvalue weighted by Gasteiger charge is 2.40. The number of likely N-dealkylation sites (tertiary alicyclic amines) is 2. The molecular formula is C26H36N6O4. The third kappa shape index (κ3) is 5.09. The van der Waals surface area contributed by atoms with Gasteiger partial charge in [0.25, 0.3) is 0 Å². The second-order valence-corrected chi connectivity index (χ2v) is 9.83. The number of nitrogen functional groups attached to an aromatic ring is 1. The Hall–Kier alpha value is -3.40. The zero-order valence-corrected chi connectivity index (χ0v) is 20.8. The largest absolute Gasteiger partial charge is 0.480 e. The van der Waals surface area contributed by atoms with E-state index in [9.17, 15) is 14.4 Å². The molecule has 10 heteroatoms. The molecule has 194 valence electrons. The Morgan fingerprint density at radius 1 is 1.14 bits per heavy atom. The minimum Gasteiger partial charge on any atom is -0.480 e. The molecule has 3 heterocycles. The van der Waals surface area contributed by atoms with E-state index in [2.05, 4.69) is 17.6 Å². The lowest BCUT2D eigenvalue weighted by atomic mass is 10.1. The van der Waals surface area contributed by atoms with Crippen LogP contribution in [0.5, 0.6) is 0 Å². The average Bonchev–Trinajstić information content (AvgIpc) is 3.59. The summed E-state index contributed by atoms with van der Waals surface area (Å²) in [5.74, 6) is -1.57. The van der Waals surface area contributed by atoms with Crippen LogP contribution in [0.4, 0.5) is 0 Å². The van der Waals surface area contributed by atoms with Crippen molar-refractivity contribution in [2.75, 3.05) is 13.1 Å². The Labute approximate surface area is 210 Å². The summed E-state index contributed by atoms with van der Waals surface area (Å²) in [6, 6.07) is 6.30. The highest BCUT2D eigenvalue weighted by Crippen LogP contribution is 2.29. The van der Waals surface area contributed by atoms with Crippen LogP contribution in [0.2, 0.25) is 0 Å². The van der Waals surface area contributed by atoms with E-state index in [1.54, 1.807) is 0 Å². The number of aryl methyl sites for hydroxylation is 2. The van der Waals surface area contributed by atoms with Gasteiger partial charge in [-0.2, -0.15) is 0 Å². The summed E-state index contributed by atoms with van der Waals surface area (Å²) in [4.78, 5) is 40.7. The summed E-state index contributed by atoms with van der Waals surface area (Å²) >= 11 is 0. The first-order valence-corrected chi connectivity index (χ1v) is 12.8. The van der Waals surface area contributed by atoms with Crippen molar-refractivity contribution in [2.24, 2.45) is 11.5 Å². The van der Waals surface area contributed by atoms with E-state index >= 15 is 0 Å². The maximum atomic E-state index is 13.5. The van der Waals surface area contributed by atoms with Gasteiger partial charge < -0.3 is 30.9 Å². The number of carbonyl (C=O) groups is 3. The van der Waals surface area contributed by atoms with Gasteiger partial charge in [-0.05, 0) is 63.0 Å². The number of aliphatic carboxylic acids is 1. The zero-order valence-electron chi connectivity index (χ0n) is 20.8. The molecule has 0 saturated carbocycles. The molecule has 2 fully saturated rings. The molecule has 0 spiro atoms. The smallest absolute Gasteiger partial charge is 0.321 e. The van der Waals surface area contributed by atoms with Crippen molar-refractivity contribution in [3.05, 3.63) is 35.5 Å². The molecular weight excluding hydrogens is 460 g/mol. The predicted molar refractivity (Wildman–Crippen MR) is 137 cm³/mol. The van der Waals surface area contributed by atoms with E-state index in [-0.39, 0.29) is 30.1 Å². The average molecular weight is 497 g/mol. The number of aromatic nitrogens is 1. The minimum absolute atomic E-state index is 0.0330. The van der Waals surface area contributed by atoms with Gasteiger partial charge in [0.2, 0.25) is 11.8 Å². The van der Waals surface area contributed by atoms with Crippen molar-refractivity contribution in [3.8, 4) is 0 Å². The Morgan fingerprint density at radius 2 is 1.86 bits per heavy atom. The topological polar surface area (TPSA) is 159 Å². The fourth-order valence-electron chi connectivity index (χ4n) is 5.71. The van der Waals surface area contributed by atoms with Crippen molar-refractivity contribution in [1.29, 1.82) is 5.41 Å². The number of hydrogen-bond acceptors (Lipinski definition) is 5. The first kappa shape index (κ1) is 25.7. The highest BCUT2D eigenvalue weighted by atomic mass is 16.4. The molecule has 10 nitrogen and oxygen atoms in total. The van der Waals surface area contributed by atoms with Crippen LogP contribution in [0.3, 0.4) is 0 Å². The predicted octanol–water partition coefficient (Wildman–Crippen LogP) is 1.66.